The minimum atomic E-state index is 0.957. The molecule has 0 aliphatic rings. The van der Waals surface area contributed by atoms with Gasteiger partial charge in [0.15, 0.2) is 5.65 Å². The Morgan fingerprint density at radius 1 is 1.21 bits per heavy atom. The predicted molar refractivity (Wildman–Crippen MR) is 59.3 cm³/mol. The first-order valence-electron chi connectivity index (χ1n) is 4.94. The molecule has 2 rings (SSSR count). The Kier molecular flexibility index (Phi) is 3.23. The van der Waals surface area contributed by atoms with Gasteiger partial charge in [0, 0.05) is 18.6 Å². The number of aryl methyl sites for hydroxylation is 3. The van der Waals surface area contributed by atoms with Crippen LogP contribution < -0.4 is 0 Å². The van der Waals surface area contributed by atoms with E-state index in [1.807, 2.05) is 45.6 Å². The Hall–Kier alpha value is -1.38. The molecule has 0 N–H and O–H groups in total. The van der Waals surface area contributed by atoms with Gasteiger partial charge < -0.3 is 0 Å². The molecule has 0 aliphatic carbocycles. The van der Waals surface area contributed by atoms with Gasteiger partial charge in [-0.15, -0.1) is 0 Å². The summed E-state index contributed by atoms with van der Waals surface area (Å²) in [7, 11) is 1.91. The van der Waals surface area contributed by atoms with Crippen molar-refractivity contribution in [3.05, 3.63) is 23.5 Å². The van der Waals surface area contributed by atoms with E-state index >= 15 is 0 Å². The first-order chi connectivity index (χ1) is 6.68. The van der Waals surface area contributed by atoms with Crippen LogP contribution in [0.25, 0.3) is 11.0 Å². The van der Waals surface area contributed by atoms with Gasteiger partial charge in [-0.2, -0.15) is 5.10 Å². The lowest BCUT2D eigenvalue weighted by molar-refractivity contribution is 0.773. The normalized spacial score (nSPS) is 9.79. The largest absolute Gasteiger partial charge is 0.250 e. The molecule has 3 nitrogen and oxygen atoms in total. The van der Waals surface area contributed by atoms with Crippen LogP contribution in [0.3, 0.4) is 0 Å². The number of hydrogen-bond acceptors (Lipinski definition) is 2. The standard InChI is InChI=1S/C9H11N3.C2H6/c1-6-4-8-7(2)11-12(3)9(8)10-5-6;1-2/h4-5H,1-3H3;1-2H3. The van der Waals surface area contributed by atoms with Gasteiger partial charge in [-0.05, 0) is 25.5 Å². The third-order valence-electron chi connectivity index (χ3n) is 2.00. The summed E-state index contributed by atoms with van der Waals surface area (Å²) in [5, 5.41) is 5.44. The van der Waals surface area contributed by atoms with Gasteiger partial charge in [-0.1, -0.05) is 13.8 Å². The highest BCUT2D eigenvalue weighted by Crippen LogP contribution is 2.15. The van der Waals surface area contributed by atoms with Crippen molar-refractivity contribution < 1.29 is 0 Å². The molecule has 76 valence electrons. The van der Waals surface area contributed by atoms with Crippen molar-refractivity contribution in [1.82, 2.24) is 14.8 Å². The number of aromatic nitrogens is 3. The molecule has 0 saturated heterocycles. The second-order valence-corrected chi connectivity index (χ2v) is 3.09. The minimum Gasteiger partial charge on any atom is -0.250 e. The van der Waals surface area contributed by atoms with Crippen LogP contribution in [-0.4, -0.2) is 14.8 Å². The van der Waals surface area contributed by atoms with Crippen LogP contribution in [0.5, 0.6) is 0 Å². The number of hydrogen-bond donors (Lipinski definition) is 0. The van der Waals surface area contributed by atoms with Crippen LogP contribution in [0.15, 0.2) is 12.3 Å². The molecule has 0 spiro atoms. The fourth-order valence-electron chi connectivity index (χ4n) is 1.41. The zero-order valence-electron chi connectivity index (χ0n) is 9.50. The molecule has 3 heteroatoms. The first kappa shape index (κ1) is 10.7. The van der Waals surface area contributed by atoms with E-state index in [2.05, 4.69) is 16.1 Å². The Morgan fingerprint density at radius 2 is 1.86 bits per heavy atom. The molecule has 14 heavy (non-hydrogen) atoms. The van der Waals surface area contributed by atoms with E-state index in [0.29, 0.717) is 0 Å². The molecule has 0 bridgehead atoms. The van der Waals surface area contributed by atoms with Crippen LogP contribution in [0.1, 0.15) is 25.1 Å². The monoisotopic (exact) mass is 191 g/mol. The zero-order chi connectivity index (χ0) is 10.7. The van der Waals surface area contributed by atoms with Crippen molar-refractivity contribution in [2.24, 2.45) is 7.05 Å². The summed E-state index contributed by atoms with van der Waals surface area (Å²) in [6.07, 6.45) is 1.86. The van der Waals surface area contributed by atoms with Gasteiger partial charge in [0.2, 0.25) is 0 Å². The number of rotatable bonds is 0. The molecular weight excluding hydrogens is 174 g/mol. The van der Waals surface area contributed by atoms with E-state index in [0.717, 1.165) is 16.7 Å². The van der Waals surface area contributed by atoms with Crippen LogP contribution in [0.4, 0.5) is 0 Å². The molecule has 0 fully saturated rings. The second kappa shape index (κ2) is 4.22. The smallest absolute Gasteiger partial charge is 0.157 e. The molecule has 0 amide bonds. The molecule has 2 aromatic rings. The van der Waals surface area contributed by atoms with Gasteiger partial charge in [-0.25, -0.2) is 4.98 Å². The summed E-state index contributed by atoms with van der Waals surface area (Å²) in [5.41, 5.74) is 3.18. The molecule has 2 aromatic heterocycles. The quantitative estimate of drug-likeness (QED) is 0.641. The molecule has 0 atom stereocenters. The van der Waals surface area contributed by atoms with Gasteiger partial charge >= 0.3 is 0 Å². The lowest BCUT2D eigenvalue weighted by Gasteiger charge is -1.93. The summed E-state index contributed by atoms with van der Waals surface area (Å²) in [6, 6.07) is 2.12. The third kappa shape index (κ3) is 1.76. The molecule has 0 radical (unpaired) electrons. The number of fused-ring (bicyclic) bond motifs is 1. The van der Waals surface area contributed by atoms with Crippen molar-refractivity contribution in [3.63, 3.8) is 0 Å². The Bertz CT molecular complexity index is 429. The minimum absolute atomic E-state index is 0.957. The molecule has 2 heterocycles. The van der Waals surface area contributed by atoms with Gasteiger partial charge in [0.25, 0.3) is 0 Å². The summed E-state index contributed by atoms with van der Waals surface area (Å²) in [5.74, 6) is 0. The lowest BCUT2D eigenvalue weighted by Crippen LogP contribution is -1.91. The Morgan fingerprint density at radius 3 is 2.50 bits per heavy atom. The van der Waals surface area contributed by atoms with E-state index < -0.39 is 0 Å². The average molecular weight is 191 g/mol. The fraction of sp³-hybridized carbons (Fsp3) is 0.455. The summed E-state index contributed by atoms with van der Waals surface area (Å²) >= 11 is 0. The first-order valence-corrected chi connectivity index (χ1v) is 4.94. The lowest BCUT2D eigenvalue weighted by atomic mass is 10.2. The maximum atomic E-state index is 4.30. The SMILES string of the molecule is CC.Cc1cnc2c(c1)c(C)nn2C. The predicted octanol–water partition coefficient (Wildman–Crippen LogP) is 2.61. The van der Waals surface area contributed by atoms with Crippen molar-refractivity contribution in [3.8, 4) is 0 Å². The van der Waals surface area contributed by atoms with Gasteiger partial charge in [0.05, 0.1) is 5.69 Å². The van der Waals surface area contributed by atoms with E-state index in [9.17, 15) is 0 Å². The van der Waals surface area contributed by atoms with Crippen LogP contribution in [0, 0.1) is 13.8 Å². The van der Waals surface area contributed by atoms with E-state index in [4.69, 9.17) is 0 Å². The fourth-order valence-corrected chi connectivity index (χ4v) is 1.41. The number of pyridine rings is 1. The van der Waals surface area contributed by atoms with E-state index in [1.54, 1.807) is 0 Å². The highest BCUT2D eigenvalue weighted by atomic mass is 15.3. The van der Waals surface area contributed by atoms with Crippen molar-refractivity contribution in [2.45, 2.75) is 27.7 Å². The Balaban J connectivity index is 0.000000461. The van der Waals surface area contributed by atoms with Crippen LogP contribution in [0.2, 0.25) is 0 Å². The van der Waals surface area contributed by atoms with Crippen molar-refractivity contribution >= 4 is 11.0 Å². The van der Waals surface area contributed by atoms with Gasteiger partial charge in [-0.3, -0.25) is 4.68 Å². The second-order valence-electron chi connectivity index (χ2n) is 3.09. The van der Waals surface area contributed by atoms with Crippen molar-refractivity contribution in [2.75, 3.05) is 0 Å². The maximum Gasteiger partial charge on any atom is 0.157 e. The van der Waals surface area contributed by atoms with Crippen molar-refractivity contribution in [1.29, 1.82) is 0 Å². The molecule has 0 unspecified atom stereocenters. The molecule has 0 aliphatic heterocycles. The molecular formula is C11H17N3. The molecule has 0 aromatic carbocycles. The topological polar surface area (TPSA) is 30.7 Å². The average Bonchev–Trinajstić information content (AvgIpc) is 2.46. The summed E-state index contributed by atoms with van der Waals surface area (Å²) < 4.78 is 1.81. The molecule has 0 saturated carbocycles. The van der Waals surface area contributed by atoms with Crippen LogP contribution >= 0.6 is 0 Å². The van der Waals surface area contributed by atoms with E-state index in [-0.39, 0.29) is 0 Å². The maximum absolute atomic E-state index is 4.30. The Labute approximate surface area is 84.8 Å². The highest BCUT2D eigenvalue weighted by Gasteiger charge is 2.04. The highest BCUT2D eigenvalue weighted by molar-refractivity contribution is 5.78. The number of nitrogens with zero attached hydrogens (tertiary/aromatic N) is 3. The van der Waals surface area contributed by atoms with Crippen LogP contribution in [-0.2, 0) is 7.05 Å². The summed E-state index contributed by atoms with van der Waals surface area (Å²) in [6.45, 7) is 8.04. The zero-order valence-corrected chi connectivity index (χ0v) is 9.50. The van der Waals surface area contributed by atoms with E-state index in [1.165, 1.54) is 5.56 Å². The van der Waals surface area contributed by atoms with Gasteiger partial charge in [0.1, 0.15) is 0 Å². The third-order valence-corrected chi connectivity index (χ3v) is 2.00. The summed E-state index contributed by atoms with van der Waals surface area (Å²) in [4.78, 5) is 4.30.